The second-order valence-corrected chi connectivity index (χ2v) is 5.86. The maximum absolute atomic E-state index is 9.35. The number of aromatic nitrogens is 3. The van der Waals surface area contributed by atoms with Gasteiger partial charge in [-0.25, -0.2) is 4.68 Å². The normalized spacial score (nSPS) is 16.3. The van der Waals surface area contributed by atoms with E-state index in [1.54, 1.807) is 0 Å². The predicted octanol–water partition coefficient (Wildman–Crippen LogP) is 1.63. The van der Waals surface area contributed by atoms with E-state index in [4.69, 9.17) is 5.26 Å². The SMILES string of the molecule is CC(C)(CO)Cn1nnc(CC#N)c1C1CCC1. The van der Waals surface area contributed by atoms with Gasteiger partial charge in [-0.1, -0.05) is 25.5 Å². The second kappa shape index (κ2) is 5.07. The fraction of sp³-hybridized carbons (Fsp3) is 0.769. The molecule has 1 aromatic heterocycles. The Bertz CT molecular complexity index is 454. The number of hydrogen-bond donors (Lipinski definition) is 1. The average Bonchev–Trinajstić information content (AvgIpc) is 2.61. The van der Waals surface area contributed by atoms with Crippen molar-refractivity contribution >= 4 is 0 Å². The van der Waals surface area contributed by atoms with Crippen LogP contribution in [0.15, 0.2) is 0 Å². The van der Waals surface area contributed by atoms with Crippen LogP contribution in [0.1, 0.15) is 50.4 Å². The summed E-state index contributed by atoms with van der Waals surface area (Å²) in [5.74, 6) is 0.498. The van der Waals surface area contributed by atoms with E-state index in [9.17, 15) is 5.11 Å². The molecule has 5 nitrogen and oxygen atoms in total. The molecule has 0 aliphatic heterocycles. The van der Waals surface area contributed by atoms with Crippen LogP contribution in [-0.4, -0.2) is 26.7 Å². The summed E-state index contributed by atoms with van der Waals surface area (Å²) in [4.78, 5) is 0. The van der Waals surface area contributed by atoms with E-state index >= 15 is 0 Å². The maximum atomic E-state index is 9.35. The molecule has 0 saturated heterocycles. The average molecular weight is 248 g/mol. The summed E-state index contributed by atoms with van der Waals surface area (Å²) in [6.07, 6.45) is 3.88. The van der Waals surface area contributed by atoms with Crippen LogP contribution in [0.25, 0.3) is 0 Å². The Hall–Kier alpha value is -1.41. The van der Waals surface area contributed by atoms with Gasteiger partial charge in [0.1, 0.15) is 5.69 Å². The highest BCUT2D eigenvalue weighted by molar-refractivity contribution is 5.21. The summed E-state index contributed by atoms with van der Waals surface area (Å²) < 4.78 is 1.90. The Kier molecular flexibility index (Phi) is 3.67. The Balaban J connectivity index is 2.26. The molecule has 1 saturated carbocycles. The molecule has 0 spiro atoms. The first-order valence-electron chi connectivity index (χ1n) is 6.47. The Morgan fingerprint density at radius 2 is 2.22 bits per heavy atom. The van der Waals surface area contributed by atoms with Crippen LogP contribution < -0.4 is 0 Å². The first kappa shape index (κ1) is 13.0. The first-order chi connectivity index (χ1) is 8.57. The monoisotopic (exact) mass is 248 g/mol. The van der Waals surface area contributed by atoms with Gasteiger partial charge < -0.3 is 5.11 Å². The van der Waals surface area contributed by atoms with Gasteiger partial charge in [0.05, 0.1) is 24.7 Å². The molecule has 0 radical (unpaired) electrons. The molecular formula is C13H20N4O. The molecule has 18 heavy (non-hydrogen) atoms. The summed E-state index contributed by atoms with van der Waals surface area (Å²) in [7, 11) is 0. The number of nitriles is 1. The third-order valence-electron chi connectivity index (χ3n) is 3.59. The van der Waals surface area contributed by atoms with Crippen molar-refractivity contribution in [2.24, 2.45) is 5.41 Å². The number of aliphatic hydroxyl groups excluding tert-OH is 1. The molecule has 0 atom stereocenters. The van der Waals surface area contributed by atoms with E-state index in [-0.39, 0.29) is 12.0 Å². The topological polar surface area (TPSA) is 74.7 Å². The highest BCUT2D eigenvalue weighted by Crippen LogP contribution is 2.38. The number of rotatable bonds is 5. The standard InChI is InChI=1S/C13H20N4O/c1-13(2,9-18)8-17-12(10-4-3-5-10)11(6-7-14)15-16-17/h10,18H,3-6,8-9H2,1-2H3. The van der Waals surface area contributed by atoms with Crippen LogP contribution in [-0.2, 0) is 13.0 Å². The molecule has 2 rings (SSSR count). The number of hydrogen-bond acceptors (Lipinski definition) is 4. The Labute approximate surface area is 107 Å². The molecule has 1 aliphatic carbocycles. The molecule has 0 aromatic carbocycles. The van der Waals surface area contributed by atoms with Crippen molar-refractivity contribution in [3.05, 3.63) is 11.4 Å². The zero-order chi connectivity index (χ0) is 13.2. The van der Waals surface area contributed by atoms with Gasteiger partial charge in [0.25, 0.3) is 0 Å². The summed E-state index contributed by atoms with van der Waals surface area (Å²) in [5.41, 5.74) is 1.72. The van der Waals surface area contributed by atoms with Crippen LogP contribution in [0.5, 0.6) is 0 Å². The van der Waals surface area contributed by atoms with Gasteiger partial charge >= 0.3 is 0 Å². The second-order valence-electron chi connectivity index (χ2n) is 5.86. The molecule has 0 unspecified atom stereocenters. The minimum Gasteiger partial charge on any atom is -0.396 e. The van der Waals surface area contributed by atoms with Crippen LogP contribution in [0, 0.1) is 16.7 Å². The zero-order valence-electron chi connectivity index (χ0n) is 11.1. The van der Waals surface area contributed by atoms with Crippen LogP contribution in [0.3, 0.4) is 0 Å². The van der Waals surface area contributed by atoms with Gasteiger partial charge in [-0.3, -0.25) is 0 Å². The van der Waals surface area contributed by atoms with E-state index in [2.05, 4.69) is 16.4 Å². The van der Waals surface area contributed by atoms with Crippen LogP contribution in [0.2, 0.25) is 0 Å². The van der Waals surface area contributed by atoms with Gasteiger partial charge in [-0.05, 0) is 12.8 Å². The predicted molar refractivity (Wildman–Crippen MR) is 66.8 cm³/mol. The van der Waals surface area contributed by atoms with Gasteiger partial charge in [0.2, 0.25) is 0 Å². The molecule has 1 aliphatic rings. The van der Waals surface area contributed by atoms with Gasteiger partial charge in [-0.2, -0.15) is 5.26 Å². The number of aliphatic hydroxyl groups is 1. The smallest absolute Gasteiger partial charge is 0.100 e. The third kappa shape index (κ3) is 2.54. The van der Waals surface area contributed by atoms with Crippen molar-refractivity contribution in [1.29, 1.82) is 5.26 Å². The van der Waals surface area contributed by atoms with Crippen molar-refractivity contribution in [1.82, 2.24) is 15.0 Å². The maximum Gasteiger partial charge on any atom is 0.100 e. The molecule has 1 aromatic rings. The number of nitrogens with zero attached hydrogens (tertiary/aromatic N) is 4. The van der Waals surface area contributed by atoms with Crippen LogP contribution in [0.4, 0.5) is 0 Å². The zero-order valence-corrected chi connectivity index (χ0v) is 11.1. The van der Waals surface area contributed by atoms with Crippen molar-refractivity contribution in [2.45, 2.75) is 52.0 Å². The molecule has 1 heterocycles. The molecule has 1 N–H and O–H groups in total. The summed E-state index contributed by atoms with van der Waals surface area (Å²) in [6.45, 7) is 4.77. The van der Waals surface area contributed by atoms with E-state index < -0.39 is 0 Å². The van der Waals surface area contributed by atoms with E-state index in [1.807, 2.05) is 18.5 Å². The molecule has 5 heteroatoms. The largest absolute Gasteiger partial charge is 0.396 e. The highest BCUT2D eigenvalue weighted by atomic mass is 16.3. The molecule has 0 bridgehead atoms. The van der Waals surface area contributed by atoms with Gasteiger partial charge in [0, 0.05) is 17.9 Å². The fourth-order valence-corrected chi connectivity index (χ4v) is 2.26. The van der Waals surface area contributed by atoms with Gasteiger partial charge in [-0.15, -0.1) is 5.10 Å². The van der Waals surface area contributed by atoms with Crippen molar-refractivity contribution in [2.75, 3.05) is 6.61 Å². The summed E-state index contributed by atoms with van der Waals surface area (Å²) in [6, 6.07) is 2.15. The lowest BCUT2D eigenvalue weighted by molar-refractivity contribution is 0.133. The van der Waals surface area contributed by atoms with E-state index in [0.29, 0.717) is 18.9 Å². The summed E-state index contributed by atoms with van der Waals surface area (Å²) >= 11 is 0. The molecule has 98 valence electrons. The first-order valence-corrected chi connectivity index (χ1v) is 6.47. The lowest BCUT2D eigenvalue weighted by Crippen LogP contribution is -2.27. The lowest BCUT2D eigenvalue weighted by atomic mass is 9.81. The van der Waals surface area contributed by atoms with Crippen molar-refractivity contribution < 1.29 is 5.11 Å². The highest BCUT2D eigenvalue weighted by Gasteiger charge is 2.29. The minimum atomic E-state index is -0.212. The Morgan fingerprint density at radius 3 is 2.72 bits per heavy atom. The van der Waals surface area contributed by atoms with Crippen molar-refractivity contribution in [3.63, 3.8) is 0 Å². The third-order valence-corrected chi connectivity index (χ3v) is 3.59. The quantitative estimate of drug-likeness (QED) is 0.859. The van der Waals surface area contributed by atoms with E-state index in [1.165, 1.54) is 6.42 Å². The minimum absolute atomic E-state index is 0.116. The summed E-state index contributed by atoms with van der Waals surface area (Å²) in [5, 5.41) is 26.5. The van der Waals surface area contributed by atoms with Crippen molar-refractivity contribution in [3.8, 4) is 6.07 Å². The molecule has 0 amide bonds. The van der Waals surface area contributed by atoms with E-state index in [0.717, 1.165) is 24.2 Å². The Morgan fingerprint density at radius 1 is 1.50 bits per heavy atom. The van der Waals surface area contributed by atoms with Crippen LogP contribution >= 0.6 is 0 Å². The fourth-order valence-electron chi connectivity index (χ4n) is 2.26. The molecule has 1 fully saturated rings. The molecular weight excluding hydrogens is 228 g/mol. The lowest BCUT2D eigenvalue weighted by Gasteiger charge is -2.29. The van der Waals surface area contributed by atoms with Gasteiger partial charge in [0.15, 0.2) is 0 Å².